The first-order valence-corrected chi connectivity index (χ1v) is 4.80. The van der Waals surface area contributed by atoms with Crippen molar-refractivity contribution < 1.29 is 14.6 Å². The number of fused-ring (bicyclic) bond motifs is 1. The van der Waals surface area contributed by atoms with Gasteiger partial charge < -0.3 is 15.6 Å². The fourth-order valence-corrected chi connectivity index (χ4v) is 1.54. The molecular formula is C12H11NO3. The van der Waals surface area contributed by atoms with Crippen molar-refractivity contribution in [1.82, 2.24) is 0 Å². The Labute approximate surface area is 92.3 Å². The van der Waals surface area contributed by atoms with Gasteiger partial charge in [-0.2, -0.15) is 0 Å². The van der Waals surface area contributed by atoms with Crippen LogP contribution >= 0.6 is 0 Å². The molecule has 0 bridgehead atoms. The van der Waals surface area contributed by atoms with Gasteiger partial charge in [0.15, 0.2) is 6.61 Å². The van der Waals surface area contributed by atoms with E-state index < -0.39 is 5.97 Å². The van der Waals surface area contributed by atoms with Gasteiger partial charge in [0, 0.05) is 5.39 Å². The summed E-state index contributed by atoms with van der Waals surface area (Å²) in [4.78, 5) is 10.4. The molecule has 0 saturated heterocycles. The van der Waals surface area contributed by atoms with Gasteiger partial charge in [-0.1, -0.05) is 30.3 Å². The van der Waals surface area contributed by atoms with Crippen LogP contribution in [0.15, 0.2) is 36.4 Å². The van der Waals surface area contributed by atoms with Crippen molar-refractivity contribution in [2.45, 2.75) is 0 Å². The Morgan fingerprint density at radius 2 is 2.00 bits per heavy atom. The number of ether oxygens (including phenoxy) is 1. The Kier molecular flexibility index (Phi) is 2.64. The highest BCUT2D eigenvalue weighted by Gasteiger charge is 2.06. The maximum absolute atomic E-state index is 10.4. The number of carboxylic acid groups (broad SMARTS) is 1. The molecule has 0 unspecified atom stereocenters. The van der Waals surface area contributed by atoms with Crippen LogP contribution in [0.2, 0.25) is 0 Å². The van der Waals surface area contributed by atoms with Crippen molar-refractivity contribution >= 4 is 22.4 Å². The first-order chi connectivity index (χ1) is 7.68. The third kappa shape index (κ3) is 1.91. The molecule has 16 heavy (non-hydrogen) atoms. The molecule has 4 nitrogen and oxygen atoms in total. The lowest BCUT2D eigenvalue weighted by atomic mass is 10.1. The lowest BCUT2D eigenvalue weighted by Gasteiger charge is -2.09. The van der Waals surface area contributed by atoms with Gasteiger partial charge in [0.25, 0.3) is 0 Å². The first-order valence-electron chi connectivity index (χ1n) is 4.80. The number of benzene rings is 2. The summed E-state index contributed by atoms with van der Waals surface area (Å²) in [6, 6.07) is 11.1. The molecule has 0 amide bonds. The minimum atomic E-state index is -1.02. The summed E-state index contributed by atoms with van der Waals surface area (Å²) >= 11 is 0. The van der Waals surface area contributed by atoms with Crippen molar-refractivity contribution in [3.05, 3.63) is 36.4 Å². The topological polar surface area (TPSA) is 72.5 Å². The molecule has 0 aliphatic rings. The molecule has 4 heteroatoms. The van der Waals surface area contributed by atoms with Crippen LogP contribution in [0.1, 0.15) is 0 Å². The summed E-state index contributed by atoms with van der Waals surface area (Å²) in [6.07, 6.45) is 0. The van der Waals surface area contributed by atoms with Crippen LogP contribution in [-0.4, -0.2) is 17.7 Å². The van der Waals surface area contributed by atoms with E-state index in [0.29, 0.717) is 11.4 Å². The van der Waals surface area contributed by atoms with E-state index in [-0.39, 0.29) is 6.61 Å². The molecule has 3 N–H and O–H groups in total. The summed E-state index contributed by atoms with van der Waals surface area (Å²) in [7, 11) is 0. The third-order valence-corrected chi connectivity index (χ3v) is 2.28. The number of anilines is 1. The maximum Gasteiger partial charge on any atom is 0.341 e. The molecule has 0 aliphatic heterocycles. The van der Waals surface area contributed by atoms with Crippen LogP contribution in [0.3, 0.4) is 0 Å². The second kappa shape index (κ2) is 4.10. The molecule has 2 rings (SSSR count). The zero-order chi connectivity index (χ0) is 11.5. The van der Waals surface area contributed by atoms with Crippen molar-refractivity contribution in [1.29, 1.82) is 0 Å². The first kappa shape index (κ1) is 10.3. The number of nitrogen functional groups attached to an aromatic ring is 1. The molecule has 0 radical (unpaired) electrons. The lowest BCUT2D eigenvalue weighted by molar-refractivity contribution is -0.139. The molecule has 0 aliphatic carbocycles. The van der Waals surface area contributed by atoms with E-state index in [0.717, 1.165) is 10.8 Å². The van der Waals surface area contributed by atoms with Crippen molar-refractivity contribution in [2.24, 2.45) is 0 Å². The van der Waals surface area contributed by atoms with Gasteiger partial charge in [0.2, 0.25) is 0 Å². The fraction of sp³-hybridized carbons (Fsp3) is 0.0833. The predicted molar refractivity (Wildman–Crippen MR) is 61.5 cm³/mol. The molecule has 2 aromatic carbocycles. The van der Waals surface area contributed by atoms with Gasteiger partial charge >= 0.3 is 5.97 Å². The monoisotopic (exact) mass is 217 g/mol. The highest BCUT2D eigenvalue weighted by molar-refractivity contribution is 5.95. The zero-order valence-electron chi connectivity index (χ0n) is 8.51. The molecular weight excluding hydrogens is 206 g/mol. The van der Waals surface area contributed by atoms with Gasteiger partial charge in [-0.15, -0.1) is 0 Å². The largest absolute Gasteiger partial charge is 0.480 e. The van der Waals surface area contributed by atoms with E-state index >= 15 is 0 Å². The van der Waals surface area contributed by atoms with Crippen LogP contribution < -0.4 is 10.5 Å². The van der Waals surface area contributed by atoms with Gasteiger partial charge in [0.1, 0.15) is 5.75 Å². The highest BCUT2D eigenvalue weighted by atomic mass is 16.5. The second-order valence-electron chi connectivity index (χ2n) is 3.38. The molecule has 0 aromatic heterocycles. The molecule has 0 fully saturated rings. The number of carboxylic acids is 1. The molecule has 0 spiro atoms. The standard InChI is InChI=1S/C12H11NO3/c13-12-9-4-2-1-3-8(9)5-6-10(12)16-7-11(14)15/h1-6H,7,13H2,(H,14,15). The molecule has 0 saturated carbocycles. The third-order valence-electron chi connectivity index (χ3n) is 2.28. The lowest BCUT2D eigenvalue weighted by Crippen LogP contribution is -2.10. The Hall–Kier alpha value is -2.23. The summed E-state index contributed by atoms with van der Waals surface area (Å²) in [6.45, 7) is -0.386. The van der Waals surface area contributed by atoms with E-state index in [1.807, 2.05) is 30.3 Å². The van der Waals surface area contributed by atoms with E-state index in [1.165, 1.54) is 0 Å². The molecule has 82 valence electrons. The number of rotatable bonds is 3. The molecule has 0 atom stereocenters. The maximum atomic E-state index is 10.4. The SMILES string of the molecule is Nc1c(OCC(=O)O)ccc2ccccc12. The number of hydrogen-bond acceptors (Lipinski definition) is 3. The van der Waals surface area contributed by atoms with E-state index in [4.69, 9.17) is 15.6 Å². The number of carbonyl (C=O) groups is 1. The van der Waals surface area contributed by atoms with Crippen LogP contribution in [0, 0.1) is 0 Å². The van der Waals surface area contributed by atoms with Crippen molar-refractivity contribution in [3.8, 4) is 5.75 Å². The Bertz CT molecular complexity index is 537. The van der Waals surface area contributed by atoms with Gasteiger partial charge in [-0.3, -0.25) is 0 Å². The summed E-state index contributed by atoms with van der Waals surface area (Å²) in [5, 5.41) is 10.4. The van der Waals surface area contributed by atoms with Crippen molar-refractivity contribution in [3.63, 3.8) is 0 Å². The number of aliphatic carboxylic acids is 1. The molecule has 2 aromatic rings. The number of nitrogens with two attached hydrogens (primary N) is 1. The average molecular weight is 217 g/mol. The average Bonchev–Trinajstić information content (AvgIpc) is 2.28. The predicted octanol–water partition coefficient (Wildman–Crippen LogP) is 1.89. The van der Waals surface area contributed by atoms with E-state index in [9.17, 15) is 4.79 Å². The van der Waals surface area contributed by atoms with Gasteiger partial charge in [0.05, 0.1) is 5.69 Å². The van der Waals surface area contributed by atoms with Crippen LogP contribution in [-0.2, 0) is 4.79 Å². The van der Waals surface area contributed by atoms with Crippen LogP contribution in [0.25, 0.3) is 10.8 Å². The van der Waals surface area contributed by atoms with E-state index in [1.54, 1.807) is 6.07 Å². The van der Waals surface area contributed by atoms with E-state index in [2.05, 4.69) is 0 Å². The Balaban J connectivity index is 2.40. The summed E-state index contributed by atoms with van der Waals surface area (Å²) in [5.41, 5.74) is 6.36. The summed E-state index contributed by atoms with van der Waals surface area (Å²) < 4.78 is 5.08. The minimum absolute atomic E-state index is 0.386. The van der Waals surface area contributed by atoms with Gasteiger partial charge in [-0.25, -0.2) is 4.79 Å². The zero-order valence-corrected chi connectivity index (χ0v) is 8.51. The fourth-order valence-electron chi connectivity index (χ4n) is 1.54. The quantitative estimate of drug-likeness (QED) is 0.770. The van der Waals surface area contributed by atoms with Crippen LogP contribution in [0.5, 0.6) is 5.75 Å². The van der Waals surface area contributed by atoms with Gasteiger partial charge in [-0.05, 0) is 11.5 Å². The smallest absolute Gasteiger partial charge is 0.341 e. The second-order valence-corrected chi connectivity index (χ2v) is 3.38. The Morgan fingerprint density at radius 3 is 2.75 bits per heavy atom. The molecule has 0 heterocycles. The van der Waals surface area contributed by atoms with Crippen LogP contribution in [0.4, 0.5) is 5.69 Å². The van der Waals surface area contributed by atoms with Crippen molar-refractivity contribution in [2.75, 3.05) is 12.3 Å². The number of hydrogen-bond donors (Lipinski definition) is 2. The minimum Gasteiger partial charge on any atom is -0.480 e. The highest BCUT2D eigenvalue weighted by Crippen LogP contribution is 2.30. The normalized spacial score (nSPS) is 10.2. The summed E-state index contributed by atoms with van der Waals surface area (Å²) in [5.74, 6) is -0.617. The Morgan fingerprint density at radius 1 is 1.25 bits per heavy atom.